The maximum absolute atomic E-state index is 12.4. The number of phosphoric acid groups is 1. The van der Waals surface area contributed by atoms with E-state index in [2.05, 4.69) is 0 Å². The van der Waals surface area contributed by atoms with E-state index < -0.39 is 13.8 Å². The number of ether oxygens (including phenoxy) is 1. The van der Waals surface area contributed by atoms with E-state index in [4.69, 9.17) is 18.3 Å². The molecule has 0 heterocycles. The molecule has 0 bridgehead atoms. The van der Waals surface area contributed by atoms with Gasteiger partial charge in [-0.3, -0.25) is 13.6 Å². The van der Waals surface area contributed by atoms with E-state index >= 15 is 0 Å². The lowest BCUT2D eigenvalue weighted by Gasteiger charge is -2.21. The molecule has 7 heteroatoms. The van der Waals surface area contributed by atoms with Gasteiger partial charge in [-0.15, -0.1) is 0 Å². The quantitative estimate of drug-likeness (QED) is 0.352. The average Bonchev–Trinajstić information content (AvgIpc) is 2.49. The predicted octanol–water partition coefficient (Wildman–Crippen LogP) is 4.37. The lowest BCUT2D eigenvalue weighted by molar-refractivity contribution is 0.0546. The Morgan fingerprint density at radius 2 is 1.54 bits per heavy atom. The maximum Gasteiger partial charge on any atom is 0.475 e. The van der Waals surface area contributed by atoms with Gasteiger partial charge in [0.2, 0.25) is 0 Å². The van der Waals surface area contributed by atoms with Crippen LogP contribution in [0.15, 0.2) is 42.5 Å². The second kappa shape index (κ2) is 10.4. The van der Waals surface area contributed by atoms with Gasteiger partial charge in [0.05, 0.1) is 24.4 Å². The van der Waals surface area contributed by atoms with E-state index in [1.165, 1.54) is 0 Å². The smallest absolute Gasteiger partial charge is 0.458 e. The fourth-order valence-electron chi connectivity index (χ4n) is 1.65. The third-order valence-corrected chi connectivity index (χ3v) is 4.32. The van der Waals surface area contributed by atoms with Crippen LogP contribution in [0.5, 0.6) is 0 Å². The zero-order chi connectivity index (χ0) is 18.0. The topological polar surface area (TPSA) is 71.1 Å². The number of hydrogen-bond acceptors (Lipinski definition) is 6. The third kappa shape index (κ3) is 8.41. The third-order valence-electron chi connectivity index (χ3n) is 2.50. The number of benzene rings is 1. The molecular formula is C17H25O6P. The summed E-state index contributed by atoms with van der Waals surface area (Å²) in [6.45, 7) is 7.12. The standard InChI is InChI=1S/C17H25O6P/c1-14(2)22-24(19,23-15(3)4)21-13-9-8-12-20-17(18)16-10-6-5-7-11-16/h5-11,14-15H,12-13H2,1-4H3/b9-8+. The van der Waals surface area contributed by atoms with Crippen LogP contribution in [0.1, 0.15) is 38.1 Å². The van der Waals surface area contributed by atoms with Crippen LogP contribution in [0.2, 0.25) is 0 Å². The molecule has 0 saturated carbocycles. The van der Waals surface area contributed by atoms with Crippen LogP contribution in [0.4, 0.5) is 0 Å². The van der Waals surface area contributed by atoms with Gasteiger partial charge in [-0.05, 0) is 45.9 Å². The van der Waals surface area contributed by atoms with Crippen LogP contribution in [0, 0.1) is 0 Å². The summed E-state index contributed by atoms with van der Waals surface area (Å²) < 4.78 is 33.2. The van der Waals surface area contributed by atoms with Gasteiger partial charge < -0.3 is 4.74 Å². The first-order valence-electron chi connectivity index (χ1n) is 7.81. The molecular weight excluding hydrogens is 331 g/mol. The van der Waals surface area contributed by atoms with Gasteiger partial charge in [-0.2, -0.15) is 0 Å². The number of carbonyl (C=O) groups excluding carboxylic acids is 1. The highest BCUT2D eigenvalue weighted by atomic mass is 31.2. The molecule has 0 aliphatic rings. The van der Waals surface area contributed by atoms with Crippen LogP contribution >= 0.6 is 7.82 Å². The van der Waals surface area contributed by atoms with E-state index in [0.29, 0.717) is 5.56 Å². The van der Waals surface area contributed by atoms with Crippen molar-refractivity contribution >= 4 is 13.8 Å². The first-order valence-corrected chi connectivity index (χ1v) is 9.27. The molecule has 0 saturated heterocycles. The molecule has 0 amide bonds. The second-order valence-electron chi connectivity index (χ2n) is 5.49. The highest BCUT2D eigenvalue weighted by Crippen LogP contribution is 2.51. The monoisotopic (exact) mass is 356 g/mol. The van der Waals surface area contributed by atoms with Crippen molar-refractivity contribution in [2.45, 2.75) is 39.9 Å². The van der Waals surface area contributed by atoms with Gasteiger partial charge in [0.15, 0.2) is 0 Å². The minimum absolute atomic E-state index is 0.0274. The van der Waals surface area contributed by atoms with Crippen LogP contribution < -0.4 is 0 Å². The molecule has 1 rings (SSSR count). The summed E-state index contributed by atoms with van der Waals surface area (Å²) in [7, 11) is -3.61. The van der Waals surface area contributed by atoms with E-state index in [0.717, 1.165) is 0 Å². The molecule has 0 atom stereocenters. The SMILES string of the molecule is CC(C)OP(=O)(OC/C=C/COC(=O)c1ccccc1)OC(C)C. The molecule has 0 radical (unpaired) electrons. The lowest BCUT2D eigenvalue weighted by atomic mass is 10.2. The van der Waals surface area contributed by atoms with Crippen molar-refractivity contribution in [3.05, 3.63) is 48.0 Å². The van der Waals surface area contributed by atoms with Gasteiger partial charge in [0.25, 0.3) is 0 Å². The Morgan fingerprint density at radius 3 is 2.08 bits per heavy atom. The van der Waals surface area contributed by atoms with Crippen LogP contribution in [-0.2, 0) is 22.9 Å². The van der Waals surface area contributed by atoms with Crippen molar-refractivity contribution in [3.8, 4) is 0 Å². The largest absolute Gasteiger partial charge is 0.475 e. The fraction of sp³-hybridized carbons (Fsp3) is 0.471. The van der Waals surface area contributed by atoms with Crippen molar-refractivity contribution in [3.63, 3.8) is 0 Å². The first-order chi connectivity index (χ1) is 11.3. The number of phosphoric ester groups is 1. The number of carbonyl (C=O) groups is 1. The van der Waals surface area contributed by atoms with E-state index in [1.807, 2.05) is 6.07 Å². The van der Waals surface area contributed by atoms with Crippen LogP contribution in [0.3, 0.4) is 0 Å². The van der Waals surface area contributed by atoms with Crippen molar-refractivity contribution in [1.82, 2.24) is 0 Å². The summed E-state index contributed by atoms with van der Waals surface area (Å²) in [4.78, 5) is 11.7. The van der Waals surface area contributed by atoms with Gasteiger partial charge >= 0.3 is 13.8 Å². The first kappa shape index (κ1) is 20.6. The minimum atomic E-state index is -3.61. The number of rotatable bonds is 10. The molecule has 0 spiro atoms. The molecule has 0 aromatic heterocycles. The summed E-state index contributed by atoms with van der Waals surface area (Å²) in [5, 5.41) is 0. The van der Waals surface area contributed by atoms with Crippen molar-refractivity contribution < 1.29 is 27.7 Å². The zero-order valence-corrected chi connectivity index (χ0v) is 15.4. The van der Waals surface area contributed by atoms with Crippen molar-refractivity contribution in [1.29, 1.82) is 0 Å². The second-order valence-corrected chi connectivity index (χ2v) is 7.06. The Bertz CT molecular complexity index is 554. The highest BCUT2D eigenvalue weighted by molar-refractivity contribution is 7.48. The van der Waals surface area contributed by atoms with E-state index in [9.17, 15) is 9.36 Å². The van der Waals surface area contributed by atoms with E-state index in [-0.39, 0.29) is 25.4 Å². The van der Waals surface area contributed by atoms with Crippen molar-refractivity contribution in [2.24, 2.45) is 0 Å². The normalized spacial score (nSPS) is 12.2. The van der Waals surface area contributed by atoms with Crippen LogP contribution in [0.25, 0.3) is 0 Å². The predicted molar refractivity (Wildman–Crippen MR) is 91.9 cm³/mol. The summed E-state index contributed by atoms with van der Waals surface area (Å²) in [6, 6.07) is 8.71. The fourth-order valence-corrected chi connectivity index (χ4v) is 3.13. The Kier molecular flexibility index (Phi) is 8.93. The van der Waals surface area contributed by atoms with Crippen LogP contribution in [-0.4, -0.2) is 31.4 Å². The Labute approximate surface area is 143 Å². The molecule has 0 fully saturated rings. The maximum atomic E-state index is 12.4. The molecule has 1 aromatic rings. The summed E-state index contributed by atoms with van der Waals surface area (Å²) in [6.07, 6.45) is 2.63. The lowest BCUT2D eigenvalue weighted by Crippen LogP contribution is -2.10. The molecule has 6 nitrogen and oxygen atoms in total. The molecule has 0 unspecified atom stereocenters. The molecule has 0 aliphatic carbocycles. The average molecular weight is 356 g/mol. The van der Waals surface area contributed by atoms with Gasteiger partial charge in [-0.25, -0.2) is 9.36 Å². The van der Waals surface area contributed by atoms with E-state index in [1.54, 1.807) is 64.1 Å². The Balaban J connectivity index is 2.37. The zero-order valence-electron chi connectivity index (χ0n) is 14.5. The summed E-state index contributed by atoms with van der Waals surface area (Å²) in [5.74, 6) is -0.405. The van der Waals surface area contributed by atoms with Gasteiger partial charge in [-0.1, -0.05) is 24.3 Å². The van der Waals surface area contributed by atoms with Crippen molar-refractivity contribution in [2.75, 3.05) is 13.2 Å². The molecule has 1 aromatic carbocycles. The summed E-state index contributed by atoms with van der Waals surface area (Å²) in [5.41, 5.74) is 0.488. The number of hydrogen-bond donors (Lipinski definition) is 0. The number of esters is 1. The molecule has 134 valence electrons. The minimum Gasteiger partial charge on any atom is -0.458 e. The summed E-state index contributed by atoms with van der Waals surface area (Å²) >= 11 is 0. The Morgan fingerprint density at radius 1 is 1.00 bits per heavy atom. The molecule has 0 N–H and O–H groups in total. The van der Waals surface area contributed by atoms with Gasteiger partial charge in [0, 0.05) is 0 Å². The Hall–Kier alpha value is -1.46. The molecule has 24 heavy (non-hydrogen) atoms. The molecule has 0 aliphatic heterocycles. The highest BCUT2D eigenvalue weighted by Gasteiger charge is 2.29. The van der Waals surface area contributed by atoms with Gasteiger partial charge in [0.1, 0.15) is 6.61 Å².